The van der Waals surface area contributed by atoms with Crippen molar-refractivity contribution in [2.75, 3.05) is 0 Å². The molecule has 0 fully saturated rings. The Balaban J connectivity index is 2.74. The van der Waals surface area contributed by atoms with Crippen molar-refractivity contribution in [1.29, 1.82) is 0 Å². The Hall–Kier alpha value is -0.870. The van der Waals surface area contributed by atoms with Crippen molar-refractivity contribution in [3.8, 4) is 0 Å². The quantitative estimate of drug-likeness (QED) is 0.565. The predicted molar refractivity (Wildman–Crippen MR) is 61.9 cm³/mol. The molecule has 0 unspecified atom stereocenters. The van der Waals surface area contributed by atoms with Gasteiger partial charge in [0, 0.05) is 5.56 Å². The van der Waals surface area contributed by atoms with E-state index in [1.807, 2.05) is 20.8 Å². The molecule has 0 saturated carbocycles. The monoisotopic (exact) mass is 227 g/mol. The molecule has 2 nitrogen and oxygen atoms in total. The van der Waals surface area contributed by atoms with E-state index in [1.54, 1.807) is 12.1 Å². The summed E-state index contributed by atoms with van der Waals surface area (Å²) in [7, 11) is 0. The Kier molecular flexibility index (Phi) is 3.88. The fourth-order valence-electron chi connectivity index (χ4n) is 0.854. The van der Waals surface area contributed by atoms with Crippen LogP contribution in [0.2, 0.25) is 0 Å². The number of nitrogens with zero attached hydrogens (tertiary/aromatic N) is 1. The van der Waals surface area contributed by atoms with E-state index in [0.29, 0.717) is 5.56 Å². The molecular weight excluding hydrogens is 213 g/mol. The molecule has 0 N–H and O–H groups in total. The normalized spacial score (nSPS) is 14.5. The molecule has 0 aliphatic carbocycles. The van der Waals surface area contributed by atoms with Crippen LogP contribution in [0.5, 0.6) is 0 Å². The second-order valence-corrected chi connectivity index (χ2v) is 6.08. The second kappa shape index (κ2) is 4.77. The van der Waals surface area contributed by atoms with Gasteiger partial charge in [0.2, 0.25) is 0 Å². The van der Waals surface area contributed by atoms with Gasteiger partial charge in [-0.1, -0.05) is 16.5 Å². The van der Waals surface area contributed by atoms with Gasteiger partial charge in [-0.05, 0) is 32.9 Å². The number of benzene rings is 1. The van der Waals surface area contributed by atoms with Crippen molar-refractivity contribution in [3.05, 3.63) is 35.6 Å². The van der Waals surface area contributed by atoms with Gasteiger partial charge in [0.1, 0.15) is 21.9 Å². The van der Waals surface area contributed by atoms with Crippen molar-refractivity contribution in [2.24, 2.45) is 4.40 Å². The third-order valence-corrected chi connectivity index (χ3v) is 3.01. The summed E-state index contributed by atoms with van der Waals surface area (Å²) in [4.78, 5) is 0. The number of halogens is 1. The van der Waals surface area contributed by atoms with Crippen LogP contribution in [0.15, 0.2) is 28.7 Å². The number of hydrogen-bond acceptors (Lipinski definition) is 2. The topological polar surface area (TPSA) is 35.4 Å². The van der Waals surface area contributed by atoms with Crippen molar-refractivity contribution in [2.45, 2.75) is 25.5 Å². The molecule has 82 valence electrons. The van der Waals surface area contributed by atoms with E-state index in [0.717, 1.165) is 0 Å². The van der Waals surface area contributed by atoms with Crippen LogP contribution >= 0.6 is 0 Å². The first-order valence-corrected chi connectivity index (χ1v) is 5.72. The molecule has 1 aromatic rings. The summed E-state index contributed by atoms with van der Waals surface area (Å²) in [6.07, 6.45) is 1.43. The fraction of sp³-hybridized carbons (Fsp3) is 0.364. The molecule has 0 bridgehead atoms. The van der Waals surface area contributed by atoms with Crippen molar-refractivity contribution >= 4 is 17.6 Å². The maximum atomic E-state index is 12.8. The number of hydrogen-bond donors (Lipinski definition) is 0. The minimum Gasteiger partial charge on any atom is -0.591 e. The Labute approximate surface area is 92.5 Å². The van der Waals surface area contributed by atoms with Gasteiger partial charge in [0.25, 0.3) is 0 Å². The maximum absolute atomic E-state index is 12.8. The fourth-order valence-corrected chi connectivity index (χ4v) is 1.39. The van der Waals surface area contributed by atoms with Gasteiger partial charge < -0.3 is 4.55 Å². The average Bonchev–Trinajstić information content (AvgIpc) is 2.12. The summed E-state index contributed by atoms with van der Waals surface area (Å²) >= 11 is -1.30. The standard InChI is InChI=1S/C11H14FNOS/c1-11(2,3)15(14)13-8-9-5-4-6-10(12)7-9/h4-8H,1-3H3/t15-/m1/s1. The SMILES string of the molecule is CC(C)(C)[S@@+]([O-])N=Cc1cccc(F)c1. The molecular formula is C11H14FNOS. The van der Waals surface area contributed by atoms with E-state index in [9.17, 15) is 8.94 Å². The summed E-state index contributed by atoms with van der Waals surface area (Å²) in [5.41, 5.74) is 0.618. The third kappa shape index (κ3) is 4.01. The Morgan fingerprint density at radius 1 is 1.40 bits per heavy atom. The highest BCUT2D eigenvalue weighted by atomic mass is 32.2. The van der Waals surface area contributed by atoms with Gasteiger partial charge in [-0.25, -0.2) is 4.39 Å². The van der Waals surface area contributed by atoms with E-state index in [-0.39, 0.29) is 10.6 Å². The van der Waals surface area contributed by atoms with E-state index in [1.165, 1.54) is 18.3 Å². The minimum absolute atomic E-state index is 0.319. The zero-order chi connectivity index (χ0) is 11.5. The molecule has 0 aliphatic rings. The predicted octanol–water partition coefficient (Wildman–Crippen LogP) is 2.71. The highest BCUT2D eigenvalue weighted by Gasteiger charge is 2.25. The summed E-state index contributed by atoms with van der Waals surface area (Å²) in [6, 6.07) is 6.02. The van der Waals surface area contributed by atoms with Crippen LogP contribution in [0.1, 0.15) is 26.3 Å². The molecule has 1 aromatic carbocycles. The molecule has 0 aromatic heterocycles. The molecule has 15 heavy (non-hydrogen) atoms. The summed E-state index contributed by atoms with van der Waals surface area (Å²) in [5, 5.41) is 0. The lowest BCUT2D eigenvalue weighted by atomic mass is 10.2. The lowest BCUT2D eigenvalue weighted by Crippen LogP contribution is -2.25. The minimum atomic E-state index is -1.30. The van der Waals surface area contributed by atoms with Crippen LogP contribution in [-0.4, -0.2) is 15.5 Å². The number of rotatable bonds is 2. The van der Waals surface area contributed by atoms with Crippen LogP contribution in [0.25, 0.3) is 0 Å². The maximum Gasteiger partial charge on any atom is 0.144 e. The zero-order valence-electron chi connectivity index (χ0n) is 9.03. The second-order valence-electron chi connectivity index (χ2n) is 4.15. The van der Waals surface area contributed by atoms with Crippen LogP contribution in [0.4, 0.5) is 4.39 Å². The molecule has 0 spiro atoms. The summed E-state index contributed by atoms with van der Waals surface area (Å²) in [5.74, 6) is -0.319. The van der Waals surface area contributed by atoms with E-state index < -0.39 is 11.4 Å². The van der Waals surface area contributed by atoms with Crippen molar-refractivity contribution < 1.29 is 8.94 Å². The highest BCUT2D eigenvalue weighted by molar-refractivity contribution is 7.91. The van der Waals surface area contributed by atoms with E-state index in [4.69, 9.17) is 0 Å². The lowest BCUT2D eigenvalue weighted by Gasteiger charge is -2.17. The molecule has 4 heteroatoms. The smallest absolute Gasteiger partial charge is 0.144 e. The van der Waals surface area contributed by atoms with Gasteiger partial charge in [0.15, 0.2) is 0 Å². The van der Waals surface area contributed by atoms with E-state index in [2.05, 4.69) is 4.40 Å². The van der Waals surface area contributed by atoms with Crippen molar-refractivity contribution in [3.63, 3.8) is 0 Å². The first kappa shape index (κ1) is 12.2. The third-order valence-electron chi connectivity index (χ3n) is 1.67. The molecule has 0 amide bonds. The molecule has 0 radical (unpaired) electrons. The lowest BCUT2D eigenvalue weighted by molar-refractivity contribution is 0.562. The van der Waals surface area contributed by atoms with Gasteiger partial charge >= 0.3 is 0 Å². The largest absolute Gasteiger partial charge is 0.591 e. The van der Waals surface area contributed by atoms with Crippen LogP contribution in [0, 0.1) is 5.82 Å². The van der Waals surface area contributed by atoms with Gasteiger partial charge in [-0.2, -0.15) is 0 Å². The molecule has 0 saturated heterocycles. The van der Waals surface area contributed by atoms with Crippen LogP contribution in [-0.2, 0) is 11.4 Å². The van der Waals surface area contributed by atoms with Gasteiger partial charge in [0.05, 0.1) is 6.21 Å². The molecule has 0 heterocycles. The van der Waals surface area contributed by atoms with Gasteiger partial charge in [-0.15, -0.1) is 0 Å². The summed E-state index contributed by atoms with van der Waals surface area (Å²) < 4.78 is 27.8. The van der Waals surface area contributed by atoms with Crippen LogP contribution < -0.4 is 0 Å². The van der Waals surface area contributed by atoms with Gasteiger partial charge in [-0.3, -0.25) is 0 Å². The Bertz CT molecular complexity index is 360. The Morgan fingerprint density at radius 2 is 2.07 bits per heavy atom. The molecule has 1 rings (SSSR count). The summed E-state index contributed by atoms with van der Waals surface area (Å²) in [6.45, 7) is 5.52. The average molecular weight is 227 g/mol. The Morgan fingerprint density at radius 3 is 2.60 bits per heavy atom. The molecule has 1 atom stereocenters. The first-order valence-electron chi connectivity index (χ1n) is 4.61. The highest BCUT2D eigenvalue weighted by Crippen LogP contribution is 2.16. The van der Waals surface area contributed by atoms with E-state index >= 15 is 0 Å². The first-order chi connectivity index (χ1) is 6.89. The molecule has 0 aliphatic heterocycles. The van der Waals surface area contributed by atoms with Crippen LogP contribution in [0.3, 0.4) is 0 Å². The zero-order valence-corrected chi connectivity index (χ0v) is 9.84. The van der Waals surface area contributed by atoms with Crippen molar-refractivity contribution in [1.82, 2.24) is 0 Å².